The Morgan fingerprint density at radius 1 is 1.50 bits per heavy atom. The molecule has 4 N–H and O–H groups in total. The van der Waals surface area contributed by atoms with Crippen LogP contribution in [0.4, 0.5) is 5.69 Å². The quantitative estimate of drug-likeness (QED) is 0.778. The van der Waals surface area contributed by atoms with Crippen LogP contribution in [0.3, 0.4) is 0 Å². The van der Waals surface area contributed by atoms with E-state index in [2.05, 4.69) is 10.3 Å². The summed E-state index contributed by atoms with van der Waals surface area (Å²) in [5.41, 5.74) is 7.17. The summed E-state index contributed by atoms with van der Waals surface area (Å²) in [5, 5.41) is 12.2. The van der Waals surface area contributed by atoms with Gasteiger partial charge in [-0.1, -0.05) is 0 Å². The average molecular weight is 293 g/mol. The van der Waals surface area contributed by atoms with Gasteiger partial charge in [0.1, 0.15) is 0 Å². The first-order chi connectivity index (χ1) is 9.45. The van der Waals surface area contributed by atoms with E-state index in [1.165, 1.54) is 0 Å². The van der Waals surface area contributed by atoms with Crippen molar-refractivity contribution in [2.24, 2.45) is 5.73 Å². The second-order valence-electron chi connectivity index (χ2n) is 4.44. The molecule has 106 valence electrons. The van der Waals surface area contributed by atoms with Crippen LogP contribution in [0.25, 0.3) is 10.2 Å². The minimum Gasteiger partial charge on any atom is -0.481 e. The highest BCUT2D eigenvalue weighted by Gasteiger charge is 2.15. The van der Waals surface area contributed by atoms with Crippen molar-refractivity contribution in [1.82, 2.24) is 4.98 Å². The third-order valence-electron chi connectivity index (χ3n) is 2.77. The van der Waals surface area contributed by atoms with Crippen LogP contribution in [-0.4, -0.2) is 28.0 Å². The molecule has 2 rings (SSSR count). The first-order valence-corrected chi connectivity index (χ1v) is 6.93. The number of aliphatic carboxylic acids is 1. The van der Waals surface area contributed by atoms with Crippen molar-refractivity contribution < 1.29 is 14.7 Å². The van der Waals surface area contributed by atoms with E-state index in [1.54, 1.807) is 17.4 Å². The molecule has 0 aliphatic heterocycles. The van der Waals surface area contributed by atoms with Crippen molar-refractivity contribution >= 4 is 39.1 Å². The monoisotopic (exact) mass is 293 g/mol. The zero-order chi connectivity index (χ0) is 14.7. The van der Waals surface area contributed by atoms with E-state index in [4.69, 9.17) is 10.8 Å². The van der Waals surface area contributed by atoms with Crippen LogP contribution in [0, 0.1) is 6.92 Å². The highest BCUT2D eigenvalue weighted by atomic mass is 32.1. The van der Waals surface area contributed by atoms with Crippen LogP contribution >= 0.6 is 11.3 Å². The fraction of sp³-hybridized carbons (Fsp3) is 0.308. The summed E-state index contributed by atoms with van der Waals surface area (Å²) < 4.78 is 0.986. The average Bonchev–Trinajstić information content (AvgIpc) is 2.75. The van der Waals surface area contributed by atoms with Gasteiger partial charge in [-0.3, -0.25) is 9.59 Å². The molecule has 2 aromatic rings. The number of aryl methyl sites for hydroxylation is 1. The van der Waals surface area contributed by atoms with Gasteiger partial charge in [0.25, 0.3) is 0 Å². The topological polar surface area (TPSA) is 105 Å². The number of aromatic nitrogens is 1. The van der Waals surface area contributed by atoms with Gasteiger partial charge in [0, 0.05) is 12.1 Å². The lowest BCUT2D eigenvalue weighted by Crippen LogP contribution is -2.36. The van der Waals surface area contributed by atoms with Crippen molar-refractivity contribution in [3.63, 3.8) is 0 Å². The summed E-state index contributed by atoms with van der Waals surface area (Å²) >= 11 is 1.54. The molecule has 1 aromatic carbocycles. The number of carboxylic acids is 1. The van der Waals surface area contributed by atoms with E-state index < -0.39 is 12.0 Å². The van der Waals surface area contributed by atoms with Gasteiger partial charge in [-0.25, -0.2) is 4.98 Å². The summed E-state index contributed by atoms with van der Waals surface area (Å²) in [4.78, 5) is 26.6. The number of hydrogen-bond acceptors (Lipinski definition) is 5. The molecule has 1 unspecified atom stereocenters. The van der Waals surface area contributed by atoms with Crippen molar-refractivity contribution in [2.45, 2.75) is 25.8 Å². The van der Waals surface area contributed by atoms with Crippen LogP contribution in [0.1, 0.15) is 17.8 Å². The van der Waals surface area contributed by atoms with Gasteiger partial charge in [-0.15, -0.1) is 11.3 Å². The number of hydrogen-bond donors (Lipinski definition) is 3. The second kappa shape index (κ2) is 5.98. The molecule has 1 aromatic heterocycles. The normalized spacial score (nSPS) is 12.3. The molecular weight excluding hydrogens is 278 g/mol. The van der Waals surface area contributed by atoms with Gasteiger partial charge in [-0.2, -0.15) is 0 Å². The van der Waals surface area contributed by atoms with E-state index in [0.29, 0.717) is 5.69 Å². The number of nitrogens with two attached hydrogens (primary N) is 1. The number of carboxylic acid groups (broad SMARTS) is 1. The first-order valence-electron chi connectivity index (χ1n) is 6.11. The molecular formula is C13H15N3O3S. The van der Waals surface area contributed by atoms with E-state index in [0.717, 1.165) is 15.2 Å². The fourth-order valence-corrected chi connectivity index (χ4v) is 2.63. The summed E-state index contributed by atoms with van der Waals surface area (Å²) in [5.74, 6) is -1.35. The molecule has 0 spiro atoms. The molecule has 1 heterocycles. The highest BCUT2D eigenvalue weighted by molar-refractivity contribution is 7.18. The van der Waals surface area contributed by atoms with Gasteiger partial charge in [0.05, 0.1) is 21.3 Å². The maximum atomic E-state index is 11.8. The van der Waals surface area contributed by atoms with Crippen LogP contribution < -0.4 is 11.1 Å². The SMILES string of the molecule is Cc1nc2ccc(NC(=O)C(N)CCC(=O)O)cc2s1. The number of carbonyl (C=O) groups excluding carboxylic acids is 1. The van der Waals surface area contributed by atoms with Crippen molar-refractivity contribution in [3.05, 3.63) is 23.2 Å². The molecule has 1 amide bonds. The lowest BCUT2D eigenvalue weighted by molar-refractivity contribution is -0.137. The Balaban J connectivity index is 2.03. The van der Waals surface area contributed by atoms with Crippen LogP contribution in [-0.2, 0) is 9.59 Å². The summed E-state index contributed by atoms with van der Waals surface area (Å²) in [7, 11) is 0. The predicted octanol–water partition coefficient (Wildman–Crippen LogP) is 1.74. The number of thiazole rings is 1. The van der Waals surface area contributed by atoms with Crippen molar-refractivity contribution in [1.29, 1.82) is 0 Å². The van der Waals surface area contributed by atoms with E-state index in [1.807, 2.05) is 19.1 Å². The minimum absolute atomic E-state index is 0.114. The highest BCUT2D eigenvalue weighted by Crippen LogP contribution is 2.24. The molecule has 6 nitrogen and oxygen atoms in total. The number of fused-ring (bicyclic) bond motifs is 1. The summed E-state index contributed by atoms with van der Waals surface area (Å²) in [6.45, 7) is 1.92. The zero-order valence-electron chi connectivity index (χ0n) is 10.9. The first kappa shape index (κ1) is 14.4. The Bertz CT molecular complexity index is 653. The molecule has 7 heteroatoms. The Kier molecular flexibility index (Phi) is 4.31. The lowest BCUT2D eigenvalue weighted by Gasteiger charge is -2.11. The van der Waals surface area contributed by atoms with Crippen molar-refractivity contribution in [3.8, 4) is 0 Å². The number of carbonyl (C=O) groups is 2. The van der Waals surface area contributed by atoms with E-state index in [9.17, 15) is 9.59 Å². The zero-order valence-corrected chi connectivity index (χ0v) is 11.7. The van der Waals surface area contributed by atoms with Gasteiger partial charge in [0.15, 0.2) is 0 Å². The predicted molar refractivity (Wildman–Crippen MR) is 77.8 cm³/mol. The standard InChI is InChI=1S/C13H15N3O3S/c1-7-15-10-4-2-8(6-11(10)20-7)16-13(19)9(14)3-5-12(17)18/h2,4,6,9H,3,5,14H2,1H3,(H,16,19)(H,17,18). The smallest absolute Gasteiger partial charge is 0.303 e. The minimum atomic E-state index is -0.963. The van der Waals surface area contributed by atoms with E-state index in [-0.39, 0.29) is 18.7 Å². The van der Waals surface area contributed by atoms with E-state index >= 15 is 0 Å². The molecule has 0 radical (unpaired) electrons. The maximum absolute atomic E-state index is 11.8. The molecule has 20 heavy (non-hydrogen) atoms. The lowest BCUT2D eigenvalue weighted by atomic mass is 10.1. The Morgan fingerprint density at radius 3 is 2.95 bits per heavy atom. The molecule has 0 aliphatic carbocycles. The van der Waals surface area contributed by atoms with Gasteiger partial charge in [-0.05, 0) is 31.5 Å². The maximum Gasteiger partial charge on any atom is 0.303 e. The number of nitrogens with zero attached hydrogens (tertiary/aromatic N) is 1. The third kappa shape index (κ3) is 3.52. The molecule has 0 fully saturated rings. The van der Waals surface area contributed by atoms with Gasteiger partial charge >= 0.3 is 5.97 Å². The number of anilines is 1. The van der Waals surface area contributed by atoms with Crippen LogP contribution in [0.5, 0.6) is 0 Å². The third-order valence-corrected chi connectivity index (χ3v) is 3.70. The molecule has 0 aliphatic rings. The Morgan fingerprint density at radius 2 is 2.25 bits per heavy atom. The van der Waals surface area contributed by atoms with Crippen molar-refractivity contribution in [2.75, 3.05) is 5.32 Å². The largest absolute Gasteiger partial charge is 0.481 e. The van der Waals surface area contributed by atoms with Crippen LogP contribution in [0.2, 0.25) is 0 Å². The Labute approximate surface area is 119 Å². The number of rotatable bonds is 5. The number of amides is 1. The van der Waals surface area contributed by atoms with Crippen LogP contribution in [0.15, 0.2) is 18.2 Å². The number of benzene rings is 1. The molecule has 1 atom stereocenters. The molecule has 0 saturated heterocycles. The van der Waals surface area contributed by atoms with Gasteiger partial charge < -0.3 is 16.2 Å². The molecule has 0 bridgehead atoms. The summed E-state index contributed by atoms with van der Waals surface area (Å²) in [6, 6.07) is 4.59. The molecule has 0 saturated carbocycles. The number of nitrogens with one attached hydrogen (secondary N) is 1. The van der Waals surface area contributed by atoms with Gasteiger partial charge in [0.2, 0.25) is 5.91 Å². The second-order valence-corrected chi connectivity index (χ2v) is 5.68. The Hall–Kier alpha value is -1.99. The summed E-state index contributed by atoms with van der Waals surface area (Å²) in [6.07, 6.45) is -0.00919. The fourth-order valence-electron chi connectivity index (χ4n) is 1.76.